The monoisotopic (exact) mass is 437 g/mol. The van der Waals surface area contributed by atoms with E-state index in [1.807, 2.05) is 59.5 Å². The van der Waals surface area contributed by atoms with Crippen LogP contribution in [-0.2, 0) is 11.4 Å². The maximum Gasteiger partial charge on any atom is 0.307 e. The Morgan fingerprint density at radius 2 is 1.81 bits per heavy atom. The van der Waals surface area contributed by atoms with Gasteiger partial charge in [0.25, 0.3) is 0 Å². The van der Waals surface area contributed by atoms with Crippen LogP contribution in [0.4, 0.5) is 8.78 Å². The Bertz CT molecular complexity index is 1060. The number of carbonyl (C=O) groups is 1. The first kappa shape index (κ1) is 22.0. The zero-order chi connectivity index (χ0) is 22.5. The molecule has 2 atom stereocenters. The molecule has 3 aromatic rings. The Balaban J connectivity index is 1.60. The van der Waals surface area contributed by atoms with Crippen LogP contribution in [0.2, 0.25) is 0 Å². The van der Waals surface area contributed by atoms with Gasteiger partial charge in [0.15, 0.2) is 0 Å². The zero-order valence-corrected chi connectivity index (χ0v) is 17.6. The Kier molecular flexibility index (Phi) is 6.81. The first-order valence-corrected chi connectivity index (χ1v) is 10.7. The van der Waals surface area contributed by atoms with Gasteiger partial charge in [0.2, 0.25) is 0 Å². The third kappa shape index (κ3) is 5.14. The summed E-state index contributed by atoms with van der Waals surface area (Å²) in [6, 6.07) is 20.2. The first-order chi connectivity index (χ1) is 15.5. The van der Waals surface area contributed by atoms with Crippen molar-refractivity contribution in [3.05, 3.63) is 101 Å². The van der Waals surface area contributed by atoms with E-state index in [0.717, 1.165) is 17.2 Å². The third-order valence-corrected chi connectivity index (χ3v) is 5.87. The molecular weight excluding hydrogens is 412 g/mol. The Morgan fingerprint density at radius 1 is 1.06 bits per heavy atom. The summed E-state index contributed by atoms with van der Waals surface area (Å²) in [7, 11) is 0. The number of carboxylic acid groups (broad SMARTS) is 1. The number of ether oxygens (including phenoxy) is 1. The van der Waals surface area contributed by atoms with Crippen molar-refractivity contribution in [1.82, 2.24) is 4.90 Å². The van der Waals surface area contributed by atoms with Crippen molar-refractivity contribution >= 4 is 5.97 Å². The van der Waals surface area contributed by atoms with Crippen molar-refractivity contribution < 1.29 is 23.4 Å². The molecule has 1 aliphatic heterocycles. The smallest absolute Gasteiger partial charge is 0.307 e. The summed E-state index contributed by atoms with van der Waals surface area (Å²) < 4.78 is 34.2. The molecule has 1 fully saturated rings. The van der Waals surface area contributed by atoms with Crippen molar-refractivity contribution in [2.24, 2.45) is 5.92 Å². The van der Waals surface area contributed by atoms with Crippen LogP contribution < -0.4 is 4.74 Å². The number of hydrogen-bond acceptors (Lipinski definition) is 3. The highest BCUT2D eigenvalue weighted by Gasteiger charge is 2.32. The summed E-state index contributed by atoms with van der Waals surface area (Å²) in [5.41, 5.74) is 2.18. The molecule has 0 radical (unpaired) electrons. The molecule has 1 saturated heterocycles. The predicted molar refractivity (Wildman–Crippen MR) is 117 cm³/mol. The van der Waals surface area contributed by atoms with Crippen LogP contribution in [0.5, 0.6) is 5.75 Å². The summed E-state index contributed by atoms with van der Waals surface area (Å²) in [4.78, 5) is 13.5. The number of rotatable bonds is 7. The molecule has 0 aliphatic carbocycles. The molecule has 2 unspecified atom stereocenters. The van der Waals surface area contributed by atoms with E-state index in [1.165, 1.54) is 12.1 Å². The van der Waals surface area contributed by atoms with Crippen LogP contribution in [0.25, 0.3) is 0 Å². The highest BCUT2D eigenvalue weighted by molar-refractivity contribution is 5.70. The number of likely N-dealkylation sites (tertiary alicyclic amines) is 1. The van der Waals surface area contributed by atoms with Crippen molar-refractivity contribution in [1.29, 1.82) is 0 Å². The molecule has 0 amide bonds. The minimum absolute atomic E-state index is 0.309. The van der Waals surface area contributed by atoms with Crippen LogP contribution in [0.15, 0.2) is 72.8 Å². The second kappa shape index (κ2) is 9.92. The lowest BCUT2D eigenvalue weighted by Gasteiger charge is -2.37. The van der Waals surface area contributed by atoms with E-state index in [0.29, 0.717) is 43.9 Å². The second-order valence-corrected chi connectivity index (χ2v) is 8.08. The van der Waals surface area contributed by atoms with Crippen molar-refractivity contribution in [2.75, 3.05) is 13.1 Å². The van der Waals surface area contributed by atoms with Crippen molar-refractivity contribution in [3.8, 4) is 5.75 Å². The fraction of sp³-hybridized carbons (Fsp3) is 0.269. The molecule has 1 aliphatic rings. The molecule has 3 aromatic carbocycles. The molecule has 0 spiro atoms. The minimum Gasteiger partial charge on any atom is -0.489 e. The van der Waals surface area contributed by atoms with Gasteiger partial charge in [-0.15, -0.1) is 0 Å². The van der Waals surface area contributed by atoms with E-state index in [-0.39, 0.29) is 0 Å². The van der Waals surface area contributed by atoms with Gasteiger partial charge in [-0.1, -0.05) is 48.5 Å². The maximum absolute atomic E-state index is 14.8. The topological polar surface area (TPSA) is 49.8 Å². The molecule has 1 N–H and O–H groups in total. The standard InChI is InChI=1S/C26H25F2NO3/c27-21-10-13-23(24(28)15-21)25(29-14-4-7-20(16-29)26(30)31)19-8-11-22(12-9-19)32-17-18-5-2-1-3-6-18/h1-3,5-6,8-13,15,20,25H,4,7,14,16-17H2,(H,30,31). The zero-order valence-electron chi connectivity index (χ0n) is 17.6. The summed E-state index contributed by atoms with van der Waals surface area (Å²) >= 11 is 0. The SMILES string of the molecule is O=C(O)C1CCCN(C(c2ccc(OCc3ccccc3)cc2)c2ccc(F)cc2F)C1. The average Bonchev–Trinajstić information content (AvgIpc) is 2.81. The normalized spacial score (nSPS) is 17.6. The lowest BCUT2D eigenvalue weighted by molar-refractivity contribution is -0.143. The Hall–Kier alpha value is -3.25. The molecule has 0 aromatic heterocycles. The van der Waals surface area contributed by atoms with Gasteiger partial charge in [0.05, 0.1) is 12.0 Å². The number of hydrogen-bond donors (Lipinski definition) is 1. The van der Waals surface area contributed by atoms with Gasteiger partial charge < -0.3 is 9.84 Å². The van der Waals surface area contributed by atoms with Gasteiger partial charge in [-0.3, -0.25) is 9.69 Å². The van der Waals surface area contributed by atoms with Crippen molar-refractivity contribution in [3.63, 3.8) is 0 Å². The molecule has 6 heteroatoms. The first-order valence-electron chi connectivity index (χ1n) is 10.7. The second-order valence-electron chi connectivity index (χ2n) is 8.08. The minimum atomic E-state index is -0.849. The number of nitrogens with zero attached hydrogens (tertiary/aromatic N) is 1. The number of halogens is 2. The van der Waals surface area contributed by atoms with Crippen LogP contribution in [0, 0.1) is 17.6 Å². The summed E-state index contributed by atoms with van der Waals surface area (Å²) in [6.45, 7) is 1.38. The summed E-state index contributed by atoms with van der Waals surface area (Å²) in [5.74, 6) is -1.97. The highest BCUT2D eigenvalue weighted by atomic mass is 19.1. The fourth-order valence-corrected chi connectivity index (χ4v) is 4.24. The van der Waals surface area contributed by atoms with E-state index >= 15 is 0 Å². The average molecular weight is 437 g/mol. The van der Waals surface area contributed by atoms with Gasteiger partial charge in [-0.2, -0.15) is 0 Å². The van der Waals surface area contributed by atoms with E-state index in [9.17, 15) is 18.7 Å². The quantitative estimate of drug-likeness (QED) is 0.536. The molecule has 0 bridgehead atoms. The van der Waals surface area contributed by atoms with Crippen LogP contribution >= 0.6 is 0 Å². The van der Waals surface area contributed by atoms with Gasteiger partial charge in [0, 0.05) is 18.2 Å². The fourth-order valence-electron chi connectivity index (χ4n) is 4.24. The molecule has 166 valence electrons. The molecule has 0 saturated carbocycles. The number of carboxylic acids is 1. The third-order valence-electron chi connectivity index (χ3n) is 5.87. The molecular formula is C26H25F2NO3. The van der Waals surface area contributed by atoms with Crippen LogP contribution in [0.1, 0.15) is 35.6 Å². The summed E-state index contributed by atoms with van der Waals surface area (Å²) in [5, 5.41) is 9.49. The van der Waals surface area contributed by atoms with E-state index in [2.05, 4.69) is 0 Å². The maximum atomic E-state index is 14.8. The van der Waals surface area contributed by atoms with Crippen LogP contribution in [0.3, 0.4) is 0 Å². The van der Waals surface area contributed by atoms with E-state index in [4.69, 9.17) is 4.74 Å². The number of aliphatic carboxylic acids is 1. The van der Waals surface area contributed by atoms with Crippen molar-refractivity contribution in [2.45, 2.75) is 25.5 Å². The molecule has 4 nitrogen and oxygen atoms in total. The van der Waals surface area contributed by atoms with E-state index < -0.39 is 29.6 Å². The number of benzene rings is 3. The van der Waals surface area contributed by atoms with Crippen LogP contribution in [-0.4, -0.2) is 29.1 Å². The Morgan fingerprint density at radius 3 is 2.50 bits per heavy atom. The molecule has 4 rings (SSSR count). The molecule has 1 heterocycles. The summed E-state index contributed by atoms with van der Waals surface area (Å²) in [6.07, 6.45) is 1.30. The Labute approximate surface area is 186 Å². The predicted octanol–water partition coefficient (Wildman–Crippen LogP) is 5.43. The number of piperidine rings is 1. The lowest BCUT2D eigenvalue weighted by Crippen LogP contribution is -2.41. The van der Waals surface area contributed by atoms with Gasteiger partial charge in [-0.05, 0) is 48.7 Å². The molecule has 32 heavy (non-hydrogen) atoms. The lowest BCUT2D eigenvalue weighted by atomic mass is 9.91. The highest BCUT2D eigenvalue weighted by Crippen LogP contribution is 2.35. The largest absolute Gasteiger partial charge is 0.489 e. The van der Waals surface area contributed by atoms with Gasteiger partial charge in [0.1, 0.15) is 24.0 Å². The van der Waals surface area contributed by atoms with Gasteiger partial charge in [-0.25, -0.2) is 8.78 Å². The van der Waals surface area contributed by atoms with Gasteiger partial charge >= 0.3 is 5.97 Å². The van der Waals surface area contributed by atoms with E-state index in [1.54, 1.807) is 0 Å².